The largest absolute Gasteiger partial charge is 0.310 e. The summed E-state index contributed by atoms with van der Waals surface area (Å²) in [4.78, 5) is 0. The van der Waals surface area contributed by atoms with Crippen LogP contribution in [0.3, 0.4) is 0 Å². The average molecular weight is 306 g/mol. The molecule has 1 atom stereocenters. The van der Waals surface area contributed by atoms with Crippen LogP contribution in [0.15, 0.2) is 30.5 Å². The predicted octanol–water partition coefficient (Wildman–Crippen LogP) is 3.92. The van der Waals surface area contributed by atoms with E-state index in [0.717, 1.165) is 36.5 Å². The molecule has 1 N–H and O–H groups in total. The number of aryl methyl sites for hydroxylation is 2. The maximum Gasteiger partial charge on any atom is 0.0669 e. The molecule has 2 rings (SSSR count). The summed E-state index contributed by atoms with van der Waals surface area (Å²) in [7, 11) is 1.98. The molecule has 0 fully saturated rings. The molecule has 114 valence electrons. The Hall–Kier alpha value is -1.32. The van der Waals surface area contributed by atoms with Gasteiger partial charge in [0, 0.05) is 29.9 Å². The summed E-state index contributed by atoms with van der Waals surface area (Å²) >= 11 is 6.32. The van der Waals surface area contributed by atoms with Crippen LogP contribution in [0, 0.1) is 0 Å². The van der Waals surface area contributed by atoms with Crippen LogP contribution in [0.2, 0.25) is 5.02 Å². The minimum Gasteiger partial charge on any atom is -0.310 e. The van der Waals surface area contributed by atoms with Crippen molar-refractivity contribution >= 4 is 11.6 Å². The molecule has 0 aliphatic rings. The topological polar surface area (TPSA) is 29.9 Å². The van der Waals surface area contributed by atoms with E-state index in [4.69, 9.17) is 11.6 Å². The summed E-state index contributed by atoms with van der Waals surface area (Å²) in [5.41, 5.74) is 3.63. The predicted molar refractivity (Wildman–Crippen MR) is 88.8 cm³/mol. The van der Waals surface area contributed by atoms with Crippen LogP contribution in [0.1, 0.15) is 43.1 Å². The first-order chi connectivity index (χ1) is 10.2. The van der Waals surface area contributed by atoms with Crippen molar-refractivity contribution in [2.24, 2.45) is 7.05 Å². The van der Waals surface area contributed by atoms with Crippen LogP contribution in [0.4, 0.5) is 0 Å². The molecule has 21 heavy (non-hydrogen) atoms. The lowest BCUT2D eigenvalue weighted by Crippen LogP contribution is -2.24. The van der Waals surface area contributed by atoms with Crippen LogP contribution >= 0.6 is 11.6 Å². The highest BCUT2D eigenvalue weighted by Crippen LogP contribution is 2.25. The van der Waals surface area contributed by atoms with Crippen molar-refractivity contribution in [3.63, 3.8) is 0 Å². The van der Waals surface area contributed by atoms with E-state index in [1.807, 2.05) is 29.9 Å². The van der Waals surface area contributed by atoms with Gasteiger partial charge in [0.05, 0.1) is 5.69 Å². The number of nitrogens with zero attached hydrogens (tertiary/aromatic N) is 2. The van der Waals surface area contributed by atoms with Gasteiger partial charge < -0.3 is 5.32 Å². The number of benzene rings is 1. The molecule has 0 aliphatic carbocycles. The van der Waals surface area contributed by atoms with Gasteiger partial charge in [-0.3, -0.25) is 4.68 Å². The first kappa shape index (κ1) is 16.1. The molecule has 0 spiro atoms. The van der Waals surface area contributed by atoms with Gasteiger partial charge in [-0.2, -0.15) is 5.10 Å². The number of hydrogen-bond donors (Lipinski definition) is 1. The SMILES string of the molecule is CCCNC(Cc1ccccc1Cl)c1cn(C)nc1CC. The zero-order valence-corrected chi connectivity index (χ0v) is 13.8. The number of hydrogen-bond acceptors (Lipinski definition) is 2. The highest BCUT2D eigenvalue weighted by Gasteiger charge is 2.18. The van der Waals surface area contributed by atoms with Gasteiger partial charge in [-0.1, -0.05) is 43.6 Å². The molecule has 0 radical (unpaired) electrons. The van der Waals surface area contributed by atoms with E-state index in [9.17, 15) is 0 Å². The van der Waals surface area contributed by atoms with Crippen molar-refractivity contribution in [1.82, 2.24) is 15.1 Å². The van der Waals surface area contributed by atoms with Gasteiger partial charge in [-0.15, -0.1) is 0 Å². The fourth-order valence-electron chi connectivity index (χ4n) is 2.61. The molecule has 0 saturated heterocycles. The average Bonchev–Trinajstić information content (AvgIpc) is 2.86. The van der Waals surface area contributed by atoms with Crippen LogP contribution in [0.5, 0.6) is 0 Å². The Kier molecular flexibility index (Phi) is 5.83. The zero-order chi connectivity index (χ0) is 15.2. The summed E-state index contributed by atoms with van der Waals surface area (Å²) < 4.78 is 1.90. The molecule has 1 aromatic heterocycles. The Bertz CT molecular complexity index is 577. The molecular weight excluding hydrogens is 282 g/mol. The summed E-state index contributed by atoms with van der Waals surface area (Å²) in [6.45, 7) is 5.33. The van der Waals surface area contributed by atoms with Gasteiger partial charge >= 0.3 is 0 Å². The second-order valence-electron chi connectivity index (χ2n) is 5.36. The van der Waals surface area contributed by atoms with Crippen molar-refractivity contribution in [3.05, 3.63) is 52.3 Å². The lowest BCUT2D eigenvalue weighted by molar-refractivity contribution is 0.526. The van der Waals surface area contributed by atoms with Crippen LogP contribution < -0.4 is 5.32 Å². The Labute approximate surface area is 132 Å². The third-order valence-corrected chi connectivity index (χ3v) is 4.04. The highest BCUT2D eigenvalue weighted by atomic mass is 35.5. The van der Waals surface area contributed by atoms with Crippen molar-refractivity contribution in [3.8, 4) is 0 Å². The molecule has 2 aromatic rings. The van der Waals surface area contributed by atoms with Crippen molar-refractivity contribution in [1.29, 1.82) is 0 Å². The van der Waals surface area contributed by atoms with Gasteiger partial charge in [-0.05, 0) is 37.4 Å². The van der Waals surface area contributed by atoms with E-state index in [1.54, 1.807) is 0 Å². The lowest BCUT2D eigenvalue weighted by Gasteiger charge is -2.19. The second kappa shape index (κ2) is 7.62. The van der Waals surface area contributed by atoms with E-state index < -0.39 is 0 Å². The van der Waals surface area contributed by atoms with Gasteiger partial charge in [0.2, 0.25) is 0 Å². The minimum absolute atomic E-state index is 0.258. The Balaban J connectivity index is 2.27. The molecular formula is C17H24ClN3. The number of rotatable bonds is 7. The summed E-state index contributed by atoms with van der Waals surface area (Å²) in [5.74, 6) is 0. The molecule has 3 nitrogen and oxygen atoms in total. The van der Waals surface area contributed by atoms with E-state index in [1.165, 1.54) is 11.1 Å². The quantitative estimate of drug-likeness (QED) is 0.840. The maximum absolute atomic E-state index is 6.32. The first-order valence-electron chi connectivity index (χ1n) is 7.64. The normalized spacial score (nSPS) is 12.6. The fraction of sp³-hybridized carbons (Fsp3) is 0.471. The third-order valence-electron chi connectivity index (χ3n) is 3.67. The molecule has 0 amide bonds. The smallest absolute Gasteiger partial charge is 0.0669 e. The monoisotopic (exact) mass is 305 g/mol. The molecule has 4 heteroatoms. The van der Waals surface area contributed by atoms with Crippen LogP contribution in [-0.4, -0.2) is 16.3 Å². The lowest BCUT2D eigenvalue weighted by atomic mass is 9.98. The highest BCUT2D eigenvalue weighted by molar-refractivity contribution is 6.31. The number of nitrogens with one attached hydrogen (secondary N) is 1. The van der Waals surface area contributed by atoms with Crippen molar-refractivity contribution in [2.75, 3.05) is 6.54 Å². The van der Waals surface area contributed by atoms with E-state index in [2.05, 4.69) is 36.5 Å². The number of aromatic nitrogens is 2. The summed E-state index contributed by atoms with van der Waals surface area (Å²) in [6.07, 6.45) is 5.07. The molecule has 0 bridgehead atoms. The van der Waals surface area contributed by atoms with Gasteiger partial charge in [-0.25, -0.2) is 0 Å². The van der Waals surface area contributed by atoms with E-state index in [0.29, 0.717) is 0 Å². The summed E-state index contributed by atoms with van der Waals surface area (Å²) in [6, 6.07) is 8.33. The summed E-state index contributed by atoms with van der Waals surface area (Å²) in [5, 5.41) is 9.04. The molecule has 1 unspecified atom stereocenters. The Morgan fingerprint density at radius 1 is 1.29 bits per heavy atom. The maximum atomic E-state index is 6.32. The second-order valence-corrected chi connectivity index (χ2v) is 5.77. The zero-order valence-electron chi connectivity index (χ0n) is 13.1. The third kappa shape index (κ3) is 4.08. The Morgan fingerprint density at radius 2 is 2.05 bits per heavy atom. The molecule has 0 aliphatic heterocycles. The fourth-order valence-corrected chi connectivity index (χ4v) is 2.83. The standard InChI is InChI=1S/C17H24ClN3/c1-4-10-19-17(11-13-8-6-7-9-15(13)18)14-12-21(3)20-16(14)5-2/h6-9,12,17,19H,4-5,10-11H2,1-3H3. The molecule has 1 heterocycles. The first-order valence-corrected chi connectivity index (χ1v) is 8.02. The number of halogens is 1. The van der Waals surface area contributed by atoms with Crippen LogP contribution in [-0.2, 0) is 19.9 Å². The van der Waals surface area contributed by atoms with E-state index in [-0.39, 0.29) is 6.04 Å². The van der Waals surface area contributed by atoms with Gasteiger partial charge in [0.1, 0.15) is 0 Å². The molecule has 0 saturated carbocycles. The van der Waals surface area contributed by atoms with Gasteiger partial charge in [0.15, 0.2) is 0 Å². The van der Waals surface area contributed by atoms with Crippen molar-refractivity contribution in [2.45, 2.75) is 39.2 Å². The Morgan fingerprint density at radius 3 is 2.71 bits per heavy atom. The van der Waals surface area contributed by atoms with Gasteiger partial charge in [0.25, 0.3) is 0 Å². The van der Waals surface area contributed by atoms with E-state index >= 15 is 0 Å². The van der Waals surface area contributed by atoms with Crippen molar-refractivity contribution < 1.29 is 0 Å². The minimum atomic E-state index is 0.258. The van der Waals surface area contributed by atoms with Crippen LogP contribution in [0.25, 0.3) is 0 Å². The molecule has 1 aromatic carbocycles.